The molecule has 2 aromatic carbocycles. The Bertz CT molecular complexity index is 852. The van der Waals surface area contributed by atoms with E-state index in [0.717, 1.165) is 30.7 Å². The van der Waals surface area contributed by atoms with Gasteiger partial charge >= 0.3 is 0 Å². The lowest BCUT2D eigenvalue weighted by Gasteiger charge is -2.25. The molecular formula is C21H22F2N2O2. The second-order valence-electron chi connectivity index (χ2n) is 6.88. The Labute approximate surface area is 157 Å². The van der Waals surface area contributed by atoms with Crippen LogP contribution >= 0.6 is 0 Å². The van der Waals surface area contributed by atoms with Crippen LogP contribution in [0.3, 0.4) is 0 Å². The van der Waals surface area contributed by atoms with Crippen molar-refractivity contribution in [1.82, 2.24) is 9.80 Å². The first-order valence-corrected chi connectivity index (χ1v) is 8.95. The molecule has 0 aliphatic carbocycles. The van der Waals surface area contributed by atoms with Gasteiger partial charge in [0, 0.05) is 32.1 Å². The van der Waals surface area contributed by atoms with Gasteiger partial charge in [-0.05, 0) is 48.7 Å². The first kappa shape index (κ1) is 19.0. The van der Waals surface area contributed by atoms with Crippen LogP contribution in [0.5, 0.6) is 0 Å². The average Bonchev–Trinajstić information content (AvgIpc) is 3.07. The van der Waals surface area contributed by atoms with Crippen LogP contribution in [-0.2, 0) is 11.3 Å². The molecule has 4 nitrogen and oxygen atoms in total. The lowest BCUT2D eigenvalue weighted by molar-refractivity contribution is -0.128. The van der Waals surface area contributed by atoms with Gasteiger partial charge in [0.25, 0.3) is 5.91 Å². The SMILES string of the molecule is CC(c1ccc(F)c(F)c1)N(C)C(=O)c1ccc(CN2CCCC2=O)cc1. The maximum Gasteiger partial charge on any atom is 0.254 e. The highest BCUT2D eigenvalue weighted by Gasteiger charge is 2.22. The van der Waals surface area contributed by atoms with Gasteiger partial charge < -0.3 is 9.80 Å². The zero-order valence-electron chi connectivity index (χ0n) is 15.4. The van der Waals surface area contributed by atoms with Gasteiger partial charge in [0.05, 0.1) is 6.04 Å². The minimum Gasteiger partial charge on any atom is -0.338 e. The van der Waals surface area contributed by atoms with Crippen LogP contribution in [0.15, 0.2) is 42.5 Å². The number of likely N-dealkylation sites (tertiary alicyclic amines) is 1. The van der Waals surface area contributed by atoms with Crippen LogP contribution < -0.4 is 0 Å². The highest BCUT2D eigenvalue weighted by Crippen LogP contribution is 2.23. The maximum absolute atomic E-state index is 13.5. The highest BCUT2D eigenvalue weighted by molar-refractivity contribution is 5.94. The number of halogens is 2. The second kappa shape index (κ2) is 7.86. The summed E-state index contributed by atoms with van der Waals surface area (Å²) in [4.78, 5) is 27.7. The summed E-state index contributed by atoms with van der Waals surface area (Å²) in [5.74, 6) is -1.89. The molecule has 2 aromatic rings. The number of hydrogen-bond donors (Lipinski definition) is 0. The summed E-state index contributed by atoms with van der Waals surface area (Å²) < 4.78 is 26.6. The average molecular weight is 372 g/mol. The van der Waals surface area contributed by atoms with E-state index in [-0.39, 0.29) is 11.8 Å². The van der Waals surface area contributed by atoms with Gasteiger partial charge in [-0.25, -0.2) is 8.78 Å². The lowest BCUT2D eigenvalue weighted by atomic mass is 10.1. The molecule has 6 heteroatoms. The van der Waals surface area contributed by atoms with E-state index < -0.39 is 17.7 Å². The summed E-state index contributed by atoms with van der Waals surface area (Å²) in [6.07, 6.45) is 1.49. The van der Waals surface area contributed by atoms with E-state index in [4.69, 9.17) is 0 Å². The van der Waals surface area contributed by atoms with Gasteiger partial charge in [-0.2, -0.15) is 0 Å². The Kier molecular flexibility index (Phi) is 5.54. The Balaban J connectivity index is 1.68. The van der Waals surface area contributed by atoms with Gasteiger partial charge in [0.2, 0.25) is 5.91 Å². The fraction of sp³-hybridized carbons (Fsp3) is 0.333. The van der Waals surface area contributed by atoms with Gasteiger partial charge in [0.1, 0.15) is 0 Å². The third-order valence-electron chi connectivity index (χ3n) is 5.07. The van der Waals surface area contributed by atoms with E-state index in [2.05, 4.69) is 0 Å². The summed E-state index contributed by atoms with van der Waals surface area (Å²) in [5.41, 5.74) is 2.00. The molecule has 142 valence electrons. The molecular weight excluding hydrogens is 350 g/mol. The number of carbonyl (C=O) groups is 2. The monoisotopic (exact) mass is 372 g/mol. The lowest BCUT2D eigenvalue weighted by Crippen LogP contribution is -2.29. The van der Waals surface area contributed by atoms with Gasteiger partial charge in [-0.15, -0.1) is 0 Å². The number of rotatable bonds is 5. The highest BCUT2D eigenvalue weighted by atomic mass is 19.2. The zero-order valence-corrected chi connectivity index (χ0v) is 15.4. The van der Waals surface area contributed by atoms with Crippen LogP contribution in [0.1, 0.15) is 47.3 Å². The second-order valence-corrected chi connectivity index (χ2v) is 6.88. The molecule has 0 aromatic heterocycles. The van der Waals surface area contributed by atoms with E-state index in [9.17, 15) is 18.4 Å². The largest absolute Gasteiger partial charge is 0.338 e. The molecule has 1 fully saturated rings. The maximum atomic E-state index is 13.5. The van der Waals surface area contributed by atoms with Crippen molar-refractivity contribution in [2.24, 2.45) is 0 Å². The van der Waals surface area contributed by atoms with Crippen molar-refractivity contribution in [3.63, 3.8) is 0 Å². The van der Waals surface area contributed by atoms with Crippen LogP contribution in [0, 0.1) is 11.6 Å². The molecule has 0 N–H and O–H groups in total. The quantitative estimate of drug-likeness (QED) is 0.798. The predicted molar refractivity (Wildman–Crippen MR) is 98.0 cm³/mol. The van der Waals surface area contributed by atoms with E-state index in [1.807, 2.05) is 17.0 Å². The van der Waals surface area contributed by atoms with Crippen LogP contribution in [0.25, 0.3) is 0 Å². The van der Waals surface area contributed by atoms with E-state index in [0.29, 0.717) is 24.1 Å². The fourth-order valence-electron chi connectivity index (χ4n) is 3.22. The number of benzene rings is 2. The van der Waals surface area contributed by atoms with Crippen LogP contribution in [0.4, 0.5) is 8.78 Å². The zero-order chi connectivity index (χ0) is 19.6. The molecule has 0 bridgehead atoms. The number of hydrogen-bond acceptors (Lipinski definition) is 2. The van der Waals surface area contributed by atoms with Crippen LogP contribution in [0.2, 0.25) is 0 Å². The summed E-state index contributed by atoms with van der Waals surface area (Å²) in [6.45, 7) is 3.08. The Hall–Kier alpha value is -2.76. The van der Waals surface area contributed by atoms with Crippen molar-refractivity contribution < 1.29 is 18.4 Å². The molecule has 1 unspecified atom stereocenters. The molecule has 3 rings (SSSR count). The van der Waals surface area contributed by atoms with Gasteiger partial charge in [-0.1, -0.05) is 18.2 Å². The minimum atomic E-state index is -0.930. The Morgan fingerprint density at radius 3 is 2.44 bits per heavy atom. The fourth-order valence-corrected chi connectivity index (χ4v) is 3.22. The number of nitrogens with zero attached hydrogens (tertiary/aromatic N) is 2. The van der Waals surface area contributed by atoms with E-state index in [1.54, 1.807) is 26.1 Å². The van der Waals surface area contributed by atoms with Crippen molar-refractivity contribution in [2.45, 2.75) is 32.4 Å². The smallest absolute Gasteiger partial charge is 0.254 e. The van der Waals surface area contributed by atoms with Crippen molar-refractivity contribution >= 4 is 11.8 Å². The van der Waals surface area contributed by atoms with Crippen molar-refractivity contribution in [3.05, 3.63) is 70.8 Å². The first-order valence-electron chi connectivity index (χ1n) is 8.95. The minimum absolute atomic E-state index is 0.162. The number of amides is 2. The summed E-state index contributed by atoms with van der Waals surface area (Å²) in [5, 5.41) is 0. The Morgan fingerprint density at radius 2 is 1.85 bits per heavy atom. The molecule has 1 aliphatic heterocycles. The van der Waals surface area contributed by atoms with Crippen molar-refractivity contribution in [2.75, 3.05) is 13.6 Å². The standard InChI is InChI=1S/C21H22F2N2O2/c1-14(17-9-10-18(22)19(23)12-17)24(2)21(27)16-7-5-15(6-8-16)13-25-11-3-4-20(25)26/h5-10,12,14H,3-4,11,13H2,1-2H3. The third-order valence-corrected chi connectivity index (χ3v) is 5.07. The summed E-state index contributed by atoms with van der Waals surface area (Å²) in [6, 6.07) is 10.4. The van der Waals surface area contributed by atoms with Crippen molar-refractivity contribution in [1.29, 1.82) is 0 Å². The molecule has 1 heterocycles. The molecule has 0 radical (unpaired) electrons. The molecule has 0 saturated carbocycles. The molecule has 1 aliphatic rings. The molecule has 2 amide bonds. The topological polar surface area (TPSA) is 40.6 Å². The molecule has 27 heavy (non-hydrogen) atoms. The summed E-state index contributed by atoms with van der Waals surface area (Å²) in [7, 11) is 1.63. The molecule has 1 atom stereocenters. The first-order chi connectivity index (χ1) is 12.9. The van der Waals surface area contributed by atoms with E-state index >= 15 is 0 Å². The van der Waals surface area contributed by atoms with E-state index in [1.165, 1.54) is 11.0 Å². The Morgan fingerprint density at radius 1 is 1.15 bits per heavy atom. The molecule has 0 spiro atoms. The van der Waals surface area contributed by atoms with Gasteiger partial charge in [-0.3, -0.25) is 9.59 Å². The normalized spacial score (nSPS) is 15.1. The predicted octanol–water partition coefficient (Wildman–Crippen LogP) is 3.92. The van der Waals surface area contributed by atoms with Crippen LogP contribution in [-0.4, -0.2) is 35.2 Å². The third kappa shape index (κ3) is 4.15. The van der Waals surface area contributed by atoms with Crippen molar-refractivity contribution in [3.8, 4) is 0 Å². The van der Waals surface area contributed by atoms with Gasteiger partial charge in [0.15, 0.2) is 11.6 Å². The summed E-state index contributed by atoms with van der Waals surface area (Å²) >= 11 is 0. The number of carbonyl (C=O) groups excluding carboxylic acids is 2. The molecule has 1 saturated heterocycles.